The van der Waals surface area contributed by atoms with Crippen molar-refractivity contribution in [2.24, 2.45) is 10.7 Å². The summed E-state index contributed by atoms with van der Waals surface area (Å²) in [5.41, 5.74) is 9.93. The summed E-state index contributed by atoms with van der Waals surface area (Å²) in [6.07, 6.45) is 4.79. The molecule has 0 bridgehead atoms. The lowest BCUT2D eigenvalue weighted by Crippen LogP contribution is -2.54. The SMILES string of the molecule is C=C(/C(C)=C(\N=CN)C(=O)N1CCC(NC2CCOCC2OC)CC1)N1CCc2c(Cl)cccc2C1. The fraction of sp³-hybridized carbons (Fsp3) is 0.556. The predicted octanol–water partition coefficient (Wildman–Crippen LogP) is 2.86. The molecular formula is C27H38ClN5O3. The molecule has 8 nitrogen and oxygen atoms in total. The second kappa shape index (κ2) is 12.2. The van der Waals surface area contributed by atoms with Gasteiger partial charge in [-0.3, -0.25) is 4.79 Å². The highest BCUT2D eigenvalue weighted by Crippen LogP contribution is 2.30. The number of carbonyl (C=O) groups is 1. The molecule has 36 heavy (non-hydrogen) atoms. The molecule has 3 aliphatic heterocycles. The molecule has 2 saturated heterocycles. The van der Waals surface area contributed by atoms with E-state index in [-0.39, 0.29) is 18.1 Å². The van der Waals surface area contributed by atoms with Gasteiger partial charge in [0.2, 0.25) is 0 Å². The first-order valence-corrected chi connectivity index (χ1v) is 13.1. The third kappa shape index (κ3) is 5.94. The molecule has 2 unspecified atom stereocenters. The normalized spacial score (nSPS) is 24.0. The van der Waals surface area contributed by atoms with Crippen molar-refractivity contribution >= 4 is 23.8 Å². The highest BCUT2D eigenvalue weighted by atomic mass is 35.5. The maximum Gasteiger partial charge on any atom is 0.272 e. The van der Waals surface area contributed by atoms with Gasteiger partial charge in [0.05, 0.1) is 19.0 Å². The van der Waals surface area contributed by atoms with Gasteiger partial charge in [0.1, 0.15) is 5.70 Å². The molecule has 0 saturated carbocycles. The van der Waals surface area contributed by atoms with Crippen molar-refractivity contribution in [1.29, 1.82) is 0 Å². The summed E-state index contributed by atoms with van der Waals surface area (Å²) in [4.78, 5) is 21.9. The van der Waals surface area contributed by atoms with E-state index in [0.717, 1.165) is 55.1 Å². The molecule has 196 valence electrons. The van der Waals surface area contributed by atoms with Gasteiger partial charge in [0.25, 0.3) is 5.91 Å². The zero-order chi connectivity index (χ0) is 25.7. The number of aliphatic imine (C=N–C) groups is 1. The Labute approximate surface area is 219 Å². The van der Waals surface area contributed by atoms with E-state index in [4.69, 9.17) is 26.8 Å². The van der Waals surface area contributed by atoms with E-state index >= 15 is 0 Å². The van der Waals surface area contributed by atoms with Gasteiger partial charge in [-0.2, -0.15) is 0 Å². The molecule has 3 aliphatic rings. The van der Waals surface area contributed by atoms with Crippen molar-refractivity contribution in [3.05, 3.63) is 57.9 Å². The summed E-state index contributed by atoms with van der Waals surface area (Å²) >= 11 is 6.38. The minimum absolute atomic E-state index is 0.0679. The lowest BCUT2D eigenvalue weighted by atomic mass is 9.98. The lowest BCUT2D eigenvalue weighted by molar-refractivity contribution is -0.128. The predicted molar refractivity (Wildman–Crippen MR) is 143 cm³/mol. The van der Waals surface area contributed by atoms with Crippen LogP contribution in [-0.2, 0) is 27.2 Å². The minimum Gasteiger partial charge on any atom is -0.390 e. The molecule has 1 amide bonds. The first kappa shape index (κ1) is 26.7. The van der Waals surface area contributed by atoms with Crippen LogP contribution in [0.15, 0.2) is 46.7 Å². The first-order chi connectivity index (χ1) is 17.4. The molecule has 0 aliphatic carbocycles. The van der Waals surface area contributed by atoms with Crippen LogP contribution in [0.1, 0.15) is 37.3 Å². The second-order valence-electron chi connectivity index (χ2n) is 9.72. The van der Waals surface area contributed by atoms with E-state index in [0.29, 0.717) is 38.0 Å². The molecule has 3 N–H and O–H groups in total. The number of amides is 1. The third-order valence-electron chi connectivity index (χ3n) is 7.62. The Morgan fingerprint density at radius 1 is 1.28 bits per heavy atom. The number of benzene rings is 1. The maximum atomic E-state index is 13.5. The van der Waals surface area contributed by atoms with Crippen LogP contribution in [0.2, 0.25) is 5.02 Å². The van der Waals surface area contributed by atoms with E-state index in [1.807, 2.05) is 24.0 Å². The number of nitrogens with one attached hydrogen (secondary N) is 1. The molecule has 1 aromatic rings. The Bertz CT molecular complexity index is 1020. The monoisotopic (exact) mass is 515 g/mol. The molecule has 3 heterocycles. The van der Waals surface area contributed by atoms with Crippen LogP contribution in [0.5, 0.6) is 0 Å². The number of nitrogens with zero attached hydrogens (tertiary/aromatic N) is 3. The van der Waals surface area contributed by atoms with Crippen LogP contribution in [0, 0.1) is 0 Å². The quantitative estimate of drug-likeness (QED) is 0.251. The van der Waals surface area contributed by atoms with E-state index in [9.17, 15) is 4.79 Å². The van der Waals surface area contributed by atoms with Crippen LogP contribution in [0.3, 0.4) is 0 Å². The number of piperidine rings is 1. The van der Waals surface area contributed by atoms with Gasteiger partial charge >= 0.3 is 0 Å². The summed E-state index contributed by atoms with van der Waals surface area (Å²) in [6, 6.07) is 6.62. The summed E-state index contributed by atoms with van der Waals surface area (Å²) in [5.74, 6) is -0.102. The average molecular weight is 516 g/mol. The zero-order valence-corrected chi connectivity index (χ0v) is 22.1. The number of hydrogen-bond acceptors (Lipinski definition) is 6. The molecule has 0 spiro atoms. The number of nitrogens with two attached hydrogens (primary N) is 1. The Hall–Kier alpha value is -2.39. The zero-order valence-electron chi connectivity index (χ0n) is 21.3. The highest BCUT2D eigenvalue weighted by Gasteiger charge is 2.31. The minimum atomic E-state index is -0.102. The number of methoxy groups -OCH3 is 1. The van der Waals surface area contributed by atoms with Crippen LogP contribution in [0.25, 0.3) is 0 Å². The standard InChI is InChI=1S/C27H38ClN5O3/c1-18(19(2)33-13-9-22-20(15-33)5-4-6-23(22)28)26(30-17-29)27(34)32-11-7-21(8-12-32)31-24-10-14-36-16-25(24)35-3/h4-6,17,21,24-25,31H,2,7-16H2,1,3H3,(H2,29,30)/b26-18-. The maximum absolute atomic E-state index is 13.5. The Kier molecular flexibility index (Phi) is 9.06. The molecule has 9 heteroatoms. The average Bonchev–Trinajstić information content (AvgIpc) is 2.91. The van der Waals surface area contributed by atoms with Gasteiger partial charge < -0.3 is 30.3 Å². The topological polar surface area (TPSA) is 92.4 Å². The van der Waals surface area contributed by atoms with Crippen molar-refractivity contribution < 1.29 is 14.3 Å². The molecule has 1 aromatic carbocycles. The largest absolute Gasteiger partial charge is 0.390 e. The van der Waals surface area contributed by atoms with E-state index in [1.54, 1.807) is 7.11 Å². The van der Waals surface area contributed by atoms with Crippen molar-refractivity contribution in [3.63, 3.8) is 0 Å². The molecule has 2 fully saturated rings. The van der Waals surface area contributed by atoms with E-state index < -0.39 is 0 Å². The number of allylic oxidation sites excluding steroid dienone is 1. The van der Waals surface area contributed by atoms with Gasteiger partial charge in [0.15, 0.2) is 0 Å². The molecular weight excluding hydrogens is 478 g/mol. The fourth-order valence-electron chi connectivity index (χ4n) is 5.39. The second-order valence-corrected chi connectivity index (χ2v) is 10.1. The number of carbonyl (C=O) groups excluding carboxylic acids is 1. The Balaban J connectivity index is 1.40. The van der Waals surface area contributed by atoms with Crippen LogP contribution in [0.4, 0.5) is 0 Å². The highest BCUT2D eigenvalue weighted by molar-refractivity contribution is 6.31. The molecule has 0 radical (unpaired) electrons. The van der Waals surface area contributed by atoms with Gasteiger partial charge in [-0.1, -0.05) is 30.3 Å². The summed E-state index contributed by atoms with van der Waals surface area (Å²) < 4.78 is 11.1. The van der Waals surface area contributed by atoms with Gasteiger partial charge in [-0.25, -0.2) is 4.99 Å². The summed E-state index contributed by atoms with van der Waals surface area (Å²) in [5, 5.41) is 4.54. The van der Waals surface area contributed by atoms with Crippen LogP contribution in [-0.4, -0.2) is 80.2 Å². The van der Waals surface area contributed by atoms with Crippen molar-refractivity contribution in [3.8, 4) is 0 Å². The van der Waals surface area contributed by atoms with Gasteiger partial charge in [-0.15, -0.1) is 0 Å². The number of rotatable bonds is 7. The van der Waals surface area contributed by atoms with Gasteiger partial charge in [-0.05, 0) is 49.8 Å². The smallest absolute Gasteiger partial charge is 0.272 e. The Morgan fingerprint density at radius 3 is 2.78 bits per heavy atom. The van der Waals surface area contributed by atoms with Crippen molar-refractivity contribution in [2.45, 2.75) is 57.3 Å². The van der Waals surface area contributed by atoms with Crippen LogP contribution < -0.4 is 11.1 Å². The summed E-state index contributed by atoms with van der Waals surface area (Å²) in [7, 11) is 1.73. The van der Waals surface area contributed by atoms with Crippen molar-refractivity contribution in [1.82, 2.24) is 15.1 Å². The van der Waals surface area contributed by atoms with Gasteiger partial charge in [0, 0.05) is 68.3 Å². The Morgan fingerprint density at radius 2 is 2.06 bits per heavy atom. The number of halogens is 1. The van der Waals surface area contributed by atoms with Crippen molar-refractivity contribution in [2.75, 3.05) is 40.0 Å². The first-order valence-electron chi connectivity index (χ1n) is 12.7. The van der Waals surface area contributed by atoms with E-state index in [1.165, 1.54) is 17.5 Å². The fourth-order valence-corrected chi connectivity index (χ4v) is 5.68. The van der Waals surface area contributed by atoms with E-state index in [2.05, 4.69) is 27.9 Å². The number of likely N-dealkylation sites (tertiary alicyclic amines) is 1. The lowest BCUT2D eigenvalue weighted by Gasteiger charge is -2.38. The molecule has 0 aromatic heterocycles. The third-order valence-corrected chi connectivity index (χ3v) is 7.98. The number of ether oxygens (including phenoxy) is 2. The molecule has 2 atom stereocenters. The molecule has 4 rings (SSSR count). The number of hydrogen-bond donors (Lipinski definition) is 2. The number of fused-ring (bicyclic) bond motifs is 1. The van der Waals surface area contributed by atoms with Crippen LogP contribution >= 0.6 is 11.6 Å². The summed E-state index contributed by atoms with van der Waals surface area (Å²) in [6.45, 7) is 10.4.